The summed E-state index contributed by atoms with van der Waals surface area (Å²) >= 11 is 0. The number of carboxylic acid groups (broad SMARTS) is 1. The van der Waals surface area contributed by atoms with Crippen molar-refractivity contribution >= 4 is 5.97 Å². The zero-order valence-electron chi connectivity index (χ0n) is 6.18. The second-order valence-corrected chi connectivity index (χ2v) is 2.92. The van der Waals surface area contributed by atoms with Crippen LogP contribution in [0, 0.1) is 5.41 Å². The third-order valence-electron chi connectivity index (χ3n) is 2.43. The summed E-state index contributed by atoms with van der Waals surface area (Å²) in [4.78, 5) is 10.4. The van der Waals surface area contributed by atoms with Gasteiger partial charge < -0.3 is 5.11 Å². The van der Waals surface area contributed by atoms with Crippen molar-refractivity contribution in [1.29, 1.82) is 0 Å². The number of rotatable bonds is 3. The second kappa shape index (κ2) is 2.11. The quantitative estimate of drug-likeness (QED) is 0.607. The Balaban J connectivity index is 2.65. The first-order valence-corrected chi connectivity index (χ1v) is 3.55. The summed E-state index contributed by atoms with van der Waals surface area (Å²) in [6, 6.07) is 0. The predicted octanol–water partition coefficient (Wildman–Crippen LogP) is 1.82. The summed E-state index contributed by atoms with van der Waals surface area (Å²) in [5.41, 5.74) is 0.376. The highest BCUT2D eigenvalue weighted by Gasteiger charge is 2.45. The molecule has 56 valence electrons. The van der Waals surface area contributed by atoms with E-state index in [0.29, 0.717) is 5.57 Å². The molecule has 0 aromatic rings. The fourth-order valence-corrected chi connectivity index (χ4v) is 1.25. The van der Waals surface area contributed by atoms with Crippen LogP contribution in [0.1, 0.15) is 26.2 Å². The number of aliphatic carboxylic acids is 1. The van der Waals surface area contributed by atoms with E-state index in [-0.39, 0.29) is 5.41 Å². The van der Waals surface area contributed by atoms with E-state index in [1.807, 2.05) is 6.92 Å². The molecule has 0 bridgehead atoms. The van der Waals surface area contributed by atoms with Crippen molar-refractivity contribution in [1.82, 2.24) is 0 Å². The van der Waals surface area contributed by atoms with E-state index in [1.165, 1.54) is 0 Å². The Morgan fingerprint density at radius 2 is 2.20 bits per heavy atom. The zero-order valence-corrected chi connectivity index (χ0v) is 6.18. The topological polar surface area (TPSA) is 37.3 Å². The third kappa shape index (κ3) is 0.939. The molecule has 0 aromatic heterocycles. The van der Waals surface area contributed by atoms with Gasteiger partial charge in [0.15, 0.2) is 0 Å². The van der Waals surface area contributed by atoms with Gasteiger partial charge in [-0.1, -0.05) is 13.5 Å². The highest BCUT2D eigenvalue weighted by molar-refractivity contribution is 5.88. The van der Waals surface area contributed by atoms with Gasteiger partial charge in [-0.25, -0.2) is 4.79 Å². The van der Waals surface area contributed by atoms with Crippen molar-refractivity contribution in [2.24, 2.45) is 5.41 Å². The molecule has 0 amide bonds. The minimum absolute atomic E-state index is 0.0220. The molecule has 0 saturated heterocycles. The molecule has 0 unspecified atom stereocenters. The molecule has 0 heterocycles. The average molecular weight is 140 g/mol. The molecule has 0 radical (unpaired) electrons. The SMILES string of the molecule is C=C(C(=O)O)C1(CC)CC1. The molecule has 10 heavy (non-hydrogen) atoms. The molecular formula is C8H12O2. The van der Waals surface area contributed by atoms with Gasteiger partial charge in [-0.3, -0.25) is 0 Å². The normalized spacial score (nSPS) is 20.1. The lowest BCUT2D eigenvalue weighted by Gasteiger charge is -2.10. The van der Waals surface area contributed by atoms with Crippen LogP contribution in [-0.4, -0.2) is 11.1 Å². The number of hydrogen-bond donors (Lipinski definition) is 1. The first-order valence-electron chi connectivity index (χ1n) is 3.55. The molecule has 2 heteroatoms. The molecule has 0 aromatic carbocycles. The number of carbonyl (C=O) groups is 1. The third-order valence-corrected chi connectivity index (χ3v) is 2.43. The summed E-state index contributed by atoms with van der Waals surface area (Å²) in [6.45, 7) is 5.57. The van der Waals surface area contributed by atoms with Gasteiger partial charge >= 0.3 is 5.97 Å². The van der Waals surface area contributed by atoms with E-state index in [9.17, 15) is 4.79 Å². The molecule has 0 spiro atoms. The Morgan fingerprint density at radius 3 is 2.30 bits per heavy atom. The molecule has 1 aliphatic carbocycles. The Hall–Kier alpha value is -0.790. The van der Waals surface area contributed by atoms with Crippen LogP contribution in [0.4, 0.5) is 0 Å². The monoisotopic (exact) mass is 140 g/mol. The Kier molecular flexibility index (Phi) is 1.55. The summed E-state index contributed by atoms with van der Waals surface area (Å²) < 4.78 is 0. The fraction of sp³-hybridized carbons (Fsp3) is 0.625. The van der Waals surface area contributed by atoms with E-state index < -0.39 is 5.97 Å². The van der Waals surface area contributed by atoms with Crippen molar-refractivity contribution in [3.63, 3.8) is 0 Å². The highest BCUT2D eigenvalue weighted by atomic mass is 16.4. The average Bonchev–Trinajstić information content (AvgIpc) is 2.66. The molecule has 2 nitrogen and oxygen atoms in total. The lowest BCUT2D eigenvalue weighted by Crippen LogP contribution is -2.11. The van der Waals surface area contributed by atoms with Crippen molar-refractivity contribution < 1.29 is 9.90 Å². The van der Waals surface area contributed by atoms with Gasteiger partial charge in [0, 0.05) is 11.0 Å². The molecule has 1 rings (SSSR count). The lowest BCUT2D eigenvalue weighted by atomic mass is 9.94. The van der Waals surface area contributed by atoms with Crippen LogP contribution >= 0.6 is 0 Å². The van der Waals surface area contributed by atoms with Gasteiger partial charge in [-0.2, -0.15) is 0 Å². The summed E-state index contributed by atoms with van der Waals surface area (Å²) in [6.07, 6.45) is 2.93. The van der Waals surface area contributed by atoms with Gasteiger partial charge in [0.25, 0.3) is 0 Å². The van der Waals surface area contributed by atoms with Gasteiger partial charge in [-0.15, -0.1) is 0 Å². The van der Waals surface area contributed by atoms with E-state index in [4.69, 9.17) is 5.11 Å². The Labute approximate surface area is 60.6 Å². The first-order chi connectivity index (χ1) is 4.62. The fourth-order valence-electron chi connectivity index (χ4n) is 1.25. The molecule has 0 aliphatic heterocycles. The molecule has 0 atom stereocenters. The lowest BCUT2D eigenvalue weighted by molar-refractivity contribution is -0.133. The predicted molar refractivity (Wildman–Crippen MR) is 38.7 cm³/mol. The Bertz CT molecular complexity index is 178. The van der Waals surface area contributed by atoms with Gasteiger partial charge in [-0.05, 0) is 19.3 Å². The van der Waals surface area contributed by atoms with Crippen molar-refractivity contribution in [2.75, 3.05) is 0 Å². The number of hydrogen-bond acceptors (Lipinski definition) is 1. The molecular weight excluding hydrogens is 128 g/mol. The van der Waals surface area contributed by atoms with Crippen LogP contribution < -0.4 is 0 Å². The Morgan fingerprint density at radius 1 is 1.70 bits per heavy atom. The summed E-state index contributed by atoms with van der Waals surface area (Å²) in [5.74, 6) is -0.834. The van der Waals surface area contributed by atoms with E-state index in [0.717, 1.165) is 19.3 Å². The molecule has 1 aliphatic rings. The summed E-state index contributed by atoms with van der Waals surface area (Å²) in [5, 5.41) is 8.59. The maximum atomic E-state index is 10.4. The molecule has 1 N–H and O–H groups in total. The van der Waals surface area contributed by atoms with Crippen LogP contribution in [0.5, 0.6) is 0 Å². The number of carboxylic acids is 1. The van der Waals surface area contributed by atoms with Gasteiger partial charge in [0.05, 0.1) is 0 Å². The first kappa shape index (κ1) is 7.32. The highest BCUT2D eigenvalue weighted by Crippen LogP contribution is 2.53. The maximum Gasteiger partial charge on any atom is 0.331 e. The van der Waals surface area contributed by atoms with E-state index in [1.54, 1.807) is 0 Å². The minimum atomic E-state index is -0.834. The largest absolute Gasteiger partial charge is 0.478 e. The standard InChI is InChI=1S/C8H12O2/c1-3-8(4-5-8)6(2)7(9)10/h2-5H2,1H3,(H,9,10). The molecule has 1 saturated carbocycles. The van der Waals surface area contributed by atoms with Crippen LogP contribution in [0.25, 0.3) is 0 Å². The van der Waals surface area contributed by atoms with Gasteiger partial charge in [0.2, 0.25) is 0 Å². The smallest absolute Gasteiger partial charge is 0.331 e. The zero-order chi connectivity index (χ0) is 7.78. The van der Waals surface area contributed by atoms with Crippen LogP contribution in [0.3, 0.4) is 0 Å². The van der Waals surface area contributed by atoms with Crippen molar-refractivity contribution in [2.45, 2.75) is 26.2 Å². The van der Waals surface area contributed by atoms with Crippen LogP contribution in [0.15, 0.2) is 12.2 Å². The van der Waals surface area contributed by atoms with Crippen LogP contribution in [-0.2, 0) is 4.79 Å². The van der Waals surface area contributed by atoms with Crippen molar-refractivity contribution in [3.05, 3.63) is 12.2 Å². The second-order valence-electron chi connectivity index (χ2n) is 2.92. The maximum absolute atomic E-state index is 10.4. The van der Waals surface area contributed by atoms with Crippen molar-refractivity contribution in [3.8, 4) is 0 Å². The van der Waals surface area contributed by atoms with E-state index in [2.05, 4.69) is 6.58 Å². The molecule has 1 fully saturated rings. The van der Waals surface area contributed by atoms with Gasteiger partial charge in [0.1, 0.15) is 0 Å². The van der Waals surface area contributed by atoms with Crippen LogP contribution in [0.2, 0.25) is 0 Å². The van der Waals surface area contributed by atoms with E-state index >= 15 is 0 Å². The summed E-state index contributed by atoms with van der Waals surface area (Å²) in [7, 11) is 0. The minimum Gasteiger partial charge on any atom is -0.478 e.